The molecule has 1 aliphatic heterocycles. The molecule has 12 rings (SSSR count). The molecule has 0 amide bonds. The van der Waals surface area contributed by atoms with E-state index in [1.807, 2.05) is 0 Å². The van der Waals surface area contributed by atoms with Crippen molar-refractivity contribution in [3.05, 3.63) is 149 Å². The third-order valence-electron chi connectivity index (χ3n) is 15.2. The molecule has 0 saturated heterocycles. The van der Waals surface area contributed by atoms with Crippen LogP contribution in [0.15, 0.2) is 115 Å². The summed E-state index contributed by atoms with van der Waals surface area (Å²) in [6.45, 7) is 14.5. The quantitative estimate of drug-likeness (QED) is 0.168. The summed E-state index contributed by atoms with van der Waals surface area (Å²) in [5.74, 6) is 5.69. The van der Waals surface area contributed by atoms with Crippen LogP contribution in [-0.2, 0) is 10.8 Å². The molecule has 0 spiro atoms. The summed E-state index contributed by atoms with van der Waals surface area (Å²) < 4.78 is 9.33. The Kier molecular flexibility index (Phi) is 8.19. The van der Waals surface area contributed by atoms with E-state index in [0.717, 1.165) is 47.0 Å². The number of hydrogen-bond donors (Lipinski definition) is 0. The lowest BCUT2D eigenvalue weighted by atomic mass is 9.42. The smallest absolute Gasteiger partial charge is 0.137 e. The predicted molar refractivity (Wildman–Crippen MR) is 244 cm³/mol. The third-order valence-corrected chi connectivity index (χ3v) is 15.2. The lowest BCUT2D eigenvalue weighted by molar-refractivity contribution is -0.0419. The Morgan fingerprint density at radius 3 is 2.05 bits per heavy atom. The fourth-order valence-corrected chi connectivity index (χ4v) is 12.3. The molecule has 5 aliphatic rings. The van der Waals surface area contributed by atoms with Gasteiger partial charge in [-0.3, -0.25) is 4.57 Å². The summed E-state index contributed by atoms with van der Waals surface area (Å²) in [6.07, 6.45) is 8.89. The van der Waals surface area contributed by atoms with Crippen molar-refractivity contribution in [2.75, 3.05) is 23.5 Å². The molecule has 298 valence electrons. The molecule has 4 aliphatic carbocycles. The van der Waals surface area contributed by atoms with Crippen LogP contribution in [0.25, 0.3) is 27.6 Å². The average Bonchev–Trinajstić information content (AvgIpc) is 3.73. The Bertz CT molecular complexity index is 2750. The Morgan fingerprint density at radius 1 is 0.644 bits per heavy atom. The van der Waals surface area contributed by atoms with Gasteiger partial charge in [-0.1, -0.05) is 63.2 Å². The van der Waals surface area contributed by atoms with Crippen LogP contribution in [0.3, 0.4) is 0 Å². The summed E-state index contributed by atoms with van der Waals surface area (Å²) in [5.41, 5.74) is 14.3. The Balaban J connectivity index is 1.04. The molecular weight excluding hydrogens is 721 g/mol. The van der Waals surface area contributed by atoms with Crippen molar-refractivity contribution in [3.8, 4) is 17.3 Å². The van der Waals surface area contributed by atoms with Crippen molar-refractivity contribution < 1.29 is 4.74 Å². The highest BCUT2D eigenvalue weighted by molar-refractivity contribution is 6.09. The second-order valence-corrected chi connectivity index (χ2v) is 19.7. The minimum Gasteiger partial charge on any atom is -0.457 e. The number of nitrogens with zero attached hydrogens (tertiary/aromatic N) is 4. The Morgan fingerprint density at radius 2 is 1.32 bits per heavy atom. The summed E-state index contributed by atoms with van der Waals surface area (Å²) in [5, 5.41) is 2.43. The second-order valence-electron chi connectivity index (χ2n) is 19.7. The Labute approximate surface area is 349 Å². The van der Waals surface area contributed by atoms with Crippen LogP contribution >= 0.6 is 0 Å². The number of ether oxygens (including phenoxy) is 1. The lowest BCUT2D eigenvalue weighted by Gasteiger charge is -2.62. The van der Waals surface area contributed by atoms with E-state index in [4.69, 9.17) is 9.72 Å². The van der Waals surface area contributed by atoms with Crippen LogP contribution in [0, 0.1) is 44.4 Å². The maximum atomic E-state index is 6.94. The van der Waals surface area contributed by atoms with Crippen molar-refractivity contribution in [2.24, 2.45) is 23.7 Å². The van der Waals surface area contributed by atoms with Crippen LogP contribution in [0.1, 0.15) is 86.3 Å². The summed E-state index contributed by atoms with van der Waals surface area (Å²) >= 11 is 0. The molecule has 0 N–H and O–H groups in total. The van der Waals surface area contributed by atoms with Gasteiger partial charge in [0.05, 0.1) is 29.1 Å². The van der Waals surface area contributed by atoms with Crippen LogP contribution in [-0.4, -0.2) is 23.3 Å². The average molecular weight is 777 g/mol. The van der Waals surface area contributed by atoms with E-state index in [2.05, 4.69) is 178 Å². The number of anilines is 3. The maximum Gasteiger partial charge on any atom is 0.137 e. The zero-order valence-electron chi connectivity index (χ0n) is 35.7. The molecule has 5 heteroatoms. The van der Waals surface area contributed by atoms with E-state index in [0.29, 0.717) is 11.8 Å². The molecule has 4 bridgehead atoms. The van der Waals surface area contributed by atoms with E-state index >= 15 is 0 Å². The molecule has 4 fully saturated rings. The number of benzene rings is 5. The van der Waals surface area contributed by atoms with Gasteiger partial charge in [0.1, 0.15) is 17.3 Å². The van der Waals surface area contributed by atoms with Crippen molar-refractivity contribution in [2.45, 2.75) is 84.5 Å². The highest BCUT2D eigenvalue weighted by atomic mass is 16.5. The molecule has 0 radical (unpaired) electrons. The van der Waals surface area contributed by atoms with Gasteiger partial charge < -0.3 is 14.5 Å². The molecule has 0 unspecified atom stereocenters. The van der Waals surface area contributed by atoms with Gasteiger partial charge in [-0.05, 0) is 170 Å². The first-order valence-corrected chi connectivity index (χ1v) is 22.0. The van der Waals surface area contributed by atoms with Gasteiger partial charge in [0.25, 0.3) is 0 Å². The fraction of sp³-hybridized carbons (Fsp3) is 0.352. The highest BCUT2D eigenvalue weighted by Crippen LogP contribution is 2.65. The van der Waals surface area contributed by atoms with Gasteiger partial charge >= 0.3 is 0 Å². The molecule has 7 aromatic rings. The molecule has 5 aromatic carbocycles. The van der Waals surface area contributed by atoms with Gasteiger partial charge in [-0.15, -0.1) is 0 Å². The van der Waals surface area contributed by atoms with Gasteiger partial charge in [-0.2, -0.15) is 0 Å². The van der Waals surface area contributed by atoms with Gasteiger partial charge in [0, 0.05) is 47.3 Å². The highest BCUT2D eigenvalue weighted by Gasteiger charge is 2.58. The predicted octanol–water partition coefficient (Wildman–Crippen LogP) is 13.5. The van der Waals surface area contributed by atoms with Crippen LogP contribution in [0.4, 0.5) is 17.1 Å². The van der Waals surface area contributed by atoms with E-state index < -0.39 is 0 Å². The first-order valence-electron chi connectivity index (χ1n) is 22.0. The standard InChI is InChI=1S/C54H56N4O/c1-33-20-40(21-34(2)35(33)3)54(41-23-36-22-37(25-41)26-42(54)24-36)38-18-19-55-52(29-38)58-48-13-9-8-12-46(48)47-17-16-44(31-51(47)58)59-45-28-39(53(4,5)6)27-43(30-45)57-32-56(7)49-14-10-11-15-50(49)57/h8-21,27-31,36-37,41-42H,22-26,32H2,1-7H3. The van der Waals surface area contributed by atoms with Crippen LogP contribution < -0.4 is 14.5 Å². The number of aromatic nitrogens is 2. The summed E-state index contributed by atoms with van der Waals surface area (Å²) in [4.78, 5) is 9.92. The van der Waals surface area contributed by atoms with E-state index in [1.54, 1.807) is 0 Å². The van der Waals surface area contributed by atoms with Gasteiger partial charge in [-0.25, -0.2) is 4.98 Å². The number of rotatable bonds is 6. The normalized spacial score (nSPS) is 23.4. The van der Waals surface area contributed by atoms with Crippen molar-refractivity contribution in [3.63, 3.8) is 0 Å². The first kappa shape index (κ1) is 36.5. The number of hydrogen-bond acceptors (Lipinski definition) is 4. The second kappa shape index (κ2) is 13.2. The number of pyridine rings is 1. The molecule has 2 aromatic heterocycles. The van der Waals surface area contributed by atoms with Crippen molar-refractivity contribution >= 4 is 38.9 Å². The van der Waals surface area contributed by atoms with E-state index in [9.17, 15) is 0 Å². The largest absolute Gasteiger partial charge is 0.457 e. The first-order chi connectivity index (χ1) is 28.4. The lowest BCUT2D eigenvalue weighted by Crippen LogP contribution is -2.56. The van der Waals surface area contributed by atoms with Crippen LogP contribution in [0.2, 0.25) is 0 Å². The minimum atomic E-state index is -0.0586. The summed E-state index contributed by atoms with van der Waals surface area (Å²) in [6, 6.07) is 40.8. The molecule has 0 atom stereocenters. The van der Waals surface area contributed by atoms with Crippen molar-refractivity contribution in [1.82, 2.24) is 9.55 Å². The SMILES string of the molecule is Cc1cc(C2(c3ccnc(-n4c5ccccc5c5ccc(Oc6cc(N7CN(C)c8ccccc87)cc(C(C)(C)C)c6)cc54)c3)C3CC4CC(C3)CC2C4)cc(C)c1C. The molecule has 3 heterocycles. The number of aryl methyl sites for hydroxylation is 2. The summed E-state index contributed by atoms with van der Waals surface area (Å²) in [7, 11) is 2.16. The zero-order valence-corrected chi connectivity index (χ0v) is 35.7. The van der Waals surface area contributed by atoms with Gasteiger partial charge in [0.15, 0.2) is 0 Å². The zero-order chi connectivity index (χ0) is 40.4. The fourth-order valence-electron chi connectivity index (χ4n) is 12.3. The number of fused-ring (bicyclic) bond motifs is 4. The van der Waals surface area contributed by atoms with E-state index in [-0.39, 0.29) is 10.8 Å². The van der Waals surface area contributed by atoms with Gasteiger partial charge in [0.2, 0.25) is 0 Å². The monoisotopic (exact) mass is 776 g/mol. The maximum absolute atomic E-state index is 6.94. The molecule has 5 nitrogen and oxygen atoms in total. The molecule has 4 saturated carbocycles. The Hall–Kier alpha value is -5.55. The number of para-hydroxylation sites is 3. The third kappa shape index (κ3) is 5.67. The van der Waals surface area contributed by atoms with Crippen molar-refractivity contribution in [1.29, 1.82) is 0 Å². The topological polar surface area (TPSA) is 33.5 Å². The molecular formula is C54H56N4O. The van der Waals surface area contributed by atoms with E-state index in [1.165, 1.54) is 93.1 Å². The minimum absolute atomic E-state index is 0.0121. The van der Waals surface area contributed by atoms with Crippen LogP contribution in [0.5, 0.6) is 11.5 Å². The molecule has 59 heavy (non-hydrogen) atoms.